The molecule has 0 spiro atoms. The van der Waals surface area contributed by atoms with E-state index < -0.39 is 10.0 Å². The number of aromatic nitrogens is 1. The van der Waals surface area contributed by atoms with Crippen molar-refractivity contribution in [2.24, 2.45) is 0 Å². The molecule has 0 radical (unpaired) electrons. The lowest BCUT2D eigenvalue weighted by molar-refractivity contribution is 0.521. The Morgan fingerprint density at radius 3 is 2.52 bits per heavy atom. The van der Waals surface area contributed by atoms with E-state index in [4.69, 9.17) is 16.0 Å². The summed E-state index contributed by atoms with van der Waals surface area (Å²) in [5.74, 6) is 1.14. The first-order valence-electron chi connectivity index (χ1n) is 6.59. The summed E-state index contributed by atoms with van der Waals surface area (Å²) in [6, 6.07) is 7.01. The Morgan fingerprint density at radius 2 is 1.95 bits per heavy atom. The van der Waals surface area contributed by atoms with Gasteiger partial charge in [0.05, 0.1) is 5.75 Å². The molecule has 0 aliphatic heterocycles. The zero-order chi connectivity index (χ0) is 15.3. The Labute approximate surface area is 129 Å². The molecule has 0 atom stereocenters. The number of nitrogens with one attached hydrogen (secondary N) is 1. The van der Waals surface area contributed by atoms with Crippen LogP contribution >= 0.6 is 11.6 Å². The number of alkyl halides is 1. The van der Waals surface area contributed by atoms with E-state index in [1.54, 1.807) is 37.5 Å². The van der Waals surface area contributed by atoms with Crippen molar-refractivity contribution >= 4 is 27.3 Å². The van der Waals surface area contributed by atoms with Crippen LogP contribution in [0, 0.1) is 6.92 Å². The highest BCUT2D eigenvalue weighted by molar-refractivity contribution is 7.92. The van der Waals surface area contributed by atoms with Crippen LogP contribution in [0.2, 0.25) is 0 Å². The lowest BCUT2D eigenvalue weighted by Crippen LogP contribution is -2.16. The molecule has 1 heterocycles. The first-order valence-corrected chi connectivity index (χ1v) is 8.78. The minimum Gasteiger partial charge on any atom is -0.449 e. The van der Waals surface area contributed by atoms with E-state index in [0.29, 0.717) is 30.3 Å². The fraction of sp³-hybridized carbons (Fsp3) is 0.357. The monoisotopic (exact) mass is 328 g/mol. The van der Waals surface area contributed by atoms with Gasteiger partial charge in [-0.05, 0) is 25.0 Å². The summed E-state index contributed by atoms with van der Waals surface area (Å²) < 4.78 is 31.4. The summed E-state index contributed by atoms with van der Waals surface area (Å²) in [4.78, 5) is 4.22. The van der Waals surface area contributed by atoms with Gasteiger partial charge < -0.3 is 4.42 Å². The molecule has 0 bridgehead atoms. The lowest BCUT2D eigenvalue weighted by atomic mass is 10.1. The maximum Gasteiger partial charge on any atom is 0.232 e. The maximum atomic E-state index is 11.9. The van der Waals surface area contributed by atoms with Crippen molar-refractivity contribution in [2.75, 3.05) is 16.4 Å². The van der Waals surface area contributed by atoms with Crippen LogP contribution in [0.3, 0.4) is 0 Å². The number of aryl methyl sites for hydroxylation is 1. The van der Waals surface area contributed by atoms with Crippen molar-refractivity contribution < 1.29 is 12.8 Å². The second kappa shape index (κ2) is 6.95. The van der Waals surface area contributed by atoms with E-state index >= 15 is 0 Å². The molecule has 114 valence electrons. The number of nitrogens with zero attached hydrogens (tertiary/aromatic N) is 1. The van der Waals surface area contributed by atoms with Crippen LogP contribution in [0.4, 0.5) is 5.69 Å². The Balaban J connectivity index is 2.02. The summed E-state index contributed by atoms with van der Waals surface area (Å²) in [6.45, 7) is 1.77. The Hall–Kier alpha value is -1.53. The average molecular weight is 329 g/mol. The van der Waals surface area contributed by atoms with Gasteiger partial charge in [0.15, 0.2) is 5.89 Å². The second-order valence-electron chi connectivity index (χ2n) is 4.65. The molecule has 0 aliphatic carbocycles. The summed E-state index contributed by atoms with van der Waals surface area (Å²) in [5, 5.41) is 0. The zero-order valence-electron chi connectivity index (χ0n) is 11.7. The van der Waals surface area contributed by atoms with Crippen LogP contribution in [-0.2, 0) is 10.0 Å². The highest BCUT2D eigenvalue weighted by atomic mass is 35.5. The van der Waals surface area contributed by atoms with E-state index in [0.717, 1.165) is 11.3 Å². The van der Waals surface area contributed by atoms with Crippen molar-refractivity contribution in [3.05, 3.63) is 36.4 Å². The van der Waals surface area contributed by atoms with Crippen LogP contribution in [-0.4, -0.2) is 25.0 Å². The number of oxazole rings is 1. The average Bonchev–Trinajstić information content (AvgIpc) is 2.86. The molecule has 1 aromatic carbocycles. The van der Waals surface area contributed by atoms with Gasteiger partial charge in [0.25, 0.3) is 0 Å². The summed E-state index contributed by atoms with van der Waals surface area (Å²) >= 11 is 5.54. The SMILES string of the molecule is Cc1nc(-c2ccc(NS(=O)(=O)CCCCCl)cc2)co1. The third-order valence-corrected chi connectivity index (χ3v) is 4.51. The lowest BCUT2D eigenvalue weighted by Gasteiger charge is -2.08. The zero-order valence-corrected chi connectivity index (χ0v) is 13.2. The van der Waals surface area contributed by atoms with Crippen LogP contribution in [0.15, 0.2) is 34.9 Å². The number of hydrogen-bond acceptors (Lipinski definition) is 4. The van der Waals surface area contributed by atoms with E-state index in [2.05, 4.69) is 9.71 Å². The second-order valence-corrected chi connectivity index (χ2v) is 6.87. The minimum atomic E-state index is -3.32. The summed E-state index contributed by atoms with van der Waals surface area (Å²) in [5.41, 5.74) is 2.13. The van der Waals surface area contributed by atoms with Gasteiger partial charge in [0.1, 0.15) is 12.0 Å². The smallest absolute Gasteiger partial charge is 0.232 e. The Kier molecular flexibility index (Phi) is 5.25. The van der Waals surface area contributed by atoms with Crippen LogP contribution < -0.4 is 4.72 Å². The number of unbranched alkanes of at least 4 members (excludes halogenated alkanes) is 1. The topological polar surface area (TPSA) is 72.2 Å². The van der Waals surface area contributed by atoms with Gasteiger partial charge in [-0.2, -0.15) is 0 Å². The summed E-state index contributed by atoms with van der Waals surface area (Å²) in [6.07, 6.45) is 2.81. The number of benzene rings is 1. The molecular weight excluding hydrogens is 312 g/mol. The number of rotatable bonds is 7. The van der Waals surface area contributed by atoms with Crippen molar-refractivity contribution in [1.82, 2.24) is 4.98 Å². The predicted octanol–water partition coefficient (Wildman–Crippen LogP) is 3.41. The van der Waals surface area contributed by atoms with Gasteiger partial charge in [0.2, 0.25) is 10.0 Å². The fourth-order valence-corrected chi connectivity index (χ4v) is 3.19. The third-order valence-electron chi connectivity index (χ3n) is 2.87. The molecule has 2 aromatic rings. The van der Waals surface area contributed by atoms with Gasteiger partial charge in [0, 0.05) is 24.1 Å². The van der Waals surface area contributed by atoms with E-state index in [1.807, 2.05) is 0 Å². The molecular formula is C14H17ClN2O3S. The first-order chi connectivity index (χ1) is 10.00. The fourth-order valence-electron chi connectivity index (χ4n) is 1.82. The number of sulfonamides is 1. The minimum absolute atomic E-state index is 0.0734. The summed E-state index contributed by atoms with van der Waals surface area (Å²) in [7, 11) is -3.32. The maximum absolute atomic E-state index is 11.9. The molecule has 0 fully saturated rings. The van der Waals surface area contributed by atoms with Crippen molar-refractivity contribution in [1.29, 1.82) is 0 Å². The normalized spacial score (nSPS) is 11.5. The van der Waals surface area contributed by atoms with Gasteiger partial charge in [-0.3, -0.25) is 4.72 Å². The van der Waals surface area contributed by atoms with Gasteiger partial charge >= 0.3 is 0 Å². The molecule has 0 saturated heterocycles. The van der Waals surface area contributed by atoms with Crippen molar-refractivity contribution in [3.8, 4) is 11.3 Å². The molecule has 1 aromatic heterocycles. The standard InChI is InChI=1S/C14H17ClN2O3S/c1-11-16-14(10-20-11)12-4-6-13(7-5-12)17-21(18,19)9-3-2-8-15/h4-7,10,17H,2-3,8-9H2,1H3. The van der Waals surface area contributed by atoms with E-state index in [9.17, 15) is 8.42 Å². The Bertz CT molecular complexity index is 680. The molecule has 7 heteroatoms. The van der Waals surface area contributed by atoms with Gasteiger partial charge in [-0.15, -0.1) is 11.6 Å². The van der Waals surface area contributed by atoms with Gasteiger partial charge in [-0.25, -0.2) is 13.4 Å². The molecule has 21 heavy (non-hydrogen) atoms. The highest BCUT2D eigenvalue weighted by Gasteiger charge is 2.10. The Morgan fingerprint density at radius 1 is 1.24 bits per heavy atom. The highest BCUT2D eigenvalue weighted by Crippen LogP contribution is 2.21. The molecule has 0 saturated carbocycles. The number of hydrogen-bond donors (Lipinski definition) is 1. The van der Waals surface area contributed by atoms with E-state index in [-0.39, 0.29) is 5.75 Å². The number of anilines is 1. The largest absolute Gasteiger partial charge is 0.449 e. The third kappa shape index (κ3) is 4.75. The molecule has 1 N–H and O–H groups in total. The quantitative estimate of drug-likeness (QED) is 0.624. The predicted molar refractivity (Wildman–Crippen MR) is 84.0 cm³/mol. The van der Waals surface area contributed by atoms with Crippen LogP contribution in [0.25, 0.3) is 11.3 Å². The van der Waals surface area contributed by atoms with E-state index in [1.165, 1.54) is 0 Å². The van der Waals surface area contributed by atoms with Crippen LogP contribution in [0.5, 0.6) is 0 Å². The molecule has 5 nitrogen and oxygen atoms in total. The van der Waals surface area contributed by atoms with Crippen LogP contribution in [0.1, 0.15) is 18.7 Å². The molecule has 0 aliphatic rings. The molecule has 0 amide bonds. The molecule has 2 rings (SSSR count). The van der Waals surface area contributed by atoms with Gasteiger partial charge in [-0.1, -0.05) is 12.1 Å². The van der Waals surface area contributed by atoms with Crippen molar-refractivity contribution in [3.63, 3.8) is 0 Å². The first kappa shape index (κ1) is 15.9. The van der Waals surface area contributed by atoms with Crippen molar-refractivity contribution in [2.45, 2.75) is 19.8 Å². The molecule has 0 unspecified atom stereocenters. The number of halogens is 1.